The van der Waals surface area contributed by atoms with Crippen molar-refractivity contribution in [3.8, 4) is 28.7 Å². The highest BCUT2D eigenvalue weighted by molar-refractivity contribution is 6.14. The second kappa shape index (κ2) is 7.53. The molecule has 154 valence electrons. The van der Waals surface area contributed by atoms with Crippen LogP contribution in [0.25, 0.3) is 6.08 Å². The van der Waals surface area contributed by atoms with Crippen LogP contribution in [0.15, 0.2) is 66.4 Å². The third-order valence-electron chi connectivity index (χ3n) is 4.87. The number of benzene rings is 3. The van der Waals surface area contributed by atoms with E-state index in [0.717, 1.165) is 11.3 Å². The van der Waals surface area contributed by atoms with Crippen LogP contribution in [-0.4, -0.2) is 25.7 Å². The molecule has 0 atom stereocenters. The minimum atomic E-state index is -0.559. The van der Waals surface area contributed by atoms with E-state index in [9.17, 15) is 9.59 Å². The Morgan fingerprint density at radius 3 is 2.48 bits per heavy atom. The van der Waals surface area contributed by atoms with E-state index in [1.807, 2.05) is 12.1 Å². The van der Waals surface area contributed by atoms with Crippen molar-refractivity contribution in [1.82, 2.24) is 0 Å². The highest BCUT2D eigenvalue weighted by Gasteiger charge is 2.28. The lowest BCUT2D eigenvalue weighted by Crippen LogP contribution is -2.08. The van der Waals surface area contributed by atoms with Crippen LogP contribution in [0.3, 0.4) is 0 Å². The fourth-order valence-electron chi connectivity index (χ4n) is 3.27. The molecular weight excluding hydrogens is 400 g/mol. The van der Waals surface area contributed by atoms with Crippen molar-refractivity contribution in [3.63, 3.8) is 0 Å². The monoisotopic (exact) mass is 416 g/mol. The van der Waals surface area contributed by atoms with Gasteiger partial charge in [0, 0.05) is 6.07 Å². The molecule has 0 saturated heterocycles. The average molecular weight is 416 g/mol. The third-order valence-corrected chi connectivity index (χ3v) is 4.87. The van der Waals surface area contributed by atoms with Crippen molar-refractivity contribution in [2.24, 2.45) is 0 Å². The Balaban J connectivity index is 1.34. The lowest BCUT2D eigenvalue weighted by atomic mass is 10.1. The predicted molar refractivity (Wildman–Crippen MR) is 110 cm³/mol. The number of allylic oxidation sites excluding steroid dienone is 1. The lowest BCUT2D eigenvalue weighted by Gasteiger charge is -2.06. The van der Waals surface area contributed by atoms with Crippen LogP contribution in [0.1, 0.15) is 26.3 Å². The Kier molecular flexibility index (Phi) is 4.55. The van der Waals surface area contributed by atoms with E-state index in [4.69, 9.17) is 23.7 Å². The standard InChI is InChI=1S/C24H16O7/c1-27-16-5-2-14(3-6-16)10-22-23(25)18-8-7-17(12-20(18)31-22)30-24(26)15-4-9-19-21(11-15)29-13-28-19/h2-12H,13H2,1H3/b22-10-. The number of carbonyl (C=O) groups is 2. The van der Waals surface area contributed by atoms with Crippen LogP contribution in [0, 0.1) is 0 Å². The number of hydrogen-bond donors (Lipinski definition) is 0. The van der Waals surface area contributed by atoms with E-state index in [1.165, 1.54) is 6.07 Å². The fraction of sp³-hybridized carbons (Fsp3) is 0.0833. The number of esters is 1. The van der Waals surface area contributed by atoms with Crippen molar-refractivity contribution in [1.29, 1.82) is 0 Å². The highest BCUT2D eigenvalue weighted by atomic mass is 16.7. The zero-order valence-electron chi connectivity index (χ0n) is 16.4. The van der Waals surface area contributed by atoms with Gasteiger partial charge in [0.15, 0.2) is 17.3 Å². The summed E-state index contributed by atoms with van der Waals surface area (Å²) in [6.45, 7) is 0.121. The largest absolute Gasteiger partial charge is 0.497 e. The summed E-state index contributed by atoms with van der Waals surface area (Å²) in [5, 5.41) is 0. The topological polar surface area (TPSA) is 80.3 Å². The van der Waals surface area contributed by atoms with Crippen molar-refractivity contribution in [2.75, 3.05) is 13.9 Å². The summed E-state index contributed by atoms with van der Waals surface area (Å²) in [5.41, 5.74) is 1.52. The van der Waals surface area contributed by atoms with E-state index in [2.05, 4.69) is 0 Å². The molecule has 3 aromatic rings. The molecule has 0 N–H and O–H groups in total. The Bertz CT molecular complexity index is 1230. The summed E-state index contributed by atoms with van der Waals surface area (Å²) in [6, 6.07) is 16.7. The van der Waals surface area contributed by atoms with Gasteiger partial charge in [-0.05, 0) is 54.1 Å². The summed E-state index contributed by atoms with van der Waals surface area (Å²) >= 11 is 0. The summed E-state index contributed by atoms with van der Waals surface area (Å²) in [5.74, 6) is 1.79. The summed E-state index contributed by atoms with van der Waals surface area (Å²) in [7, 11) is 1.59. The first-order valence-electron chi connectivity index (χ1n) is 9.45. The molecule has 7 heteroatoms. The Hall–Kier alpha value is -4.26. The summed E-state index contributed by atoms with van der Waals surface area (Å²) < 4.78 is 26.8. The molecule has 31 heavy (non-hydrogen) atoms. The van der Waals surface area contributed by atoms with Crippen LogP contribution in [0.2, 0.25) is 0 Å². The van der Waals surface area contributed by atoms with Gasteiger partial charge in [0.1, 0.15) is 17.2 Å². The number of rotatable bonds is 4. The molecule has 5 rings (SSSR count). The molecule has 0 spiro atoms. The minimum Gasteiger partial charge on any atom is -0.497 e. The molecule has 0 radical (unpaired) electrons. The normalized spacial score (nSPS) is 14.9. The van der Waals surface area contributed by atoms with Crippen molar-refractivity contribution in [3.05, 3.63) is 83.1 Å². The fourth-order valence-corrected chi connectivity index (χ4v) is 3.27. The number of fused-ring (bicyclic) bond motifs is 2. The average Bonchev–Trinajstić information content (AvgIpc) is 3.38. The number of carbonyl (C=O) groups excluding carboxylic acids is 2. The van der Waals surface area contributed by atoms with Crippen LogP contribution < -0.4 is 23.7 Å². The van der Waals surface area contributed by atoms with Gasteiger partial charge < -0.3 is 23.7 Å². The van der Waals surface area contributed by atoms with Gasteiger partial charge in [-0.25, -0.2) is 4.79 Å². The van der Waals surface area contributed by atoms with E-state index in [-0.39, 0.29) is 24.1 Å². The van der Waals surface area contributed by atoms with Gasteiger partial charge in [-0.15, -0.1) is 0 Å². The summed E-state index contributed by atoms with van der Waals surface area (Å²) in [4.78, 5) is 25.1. The van der Waals surface area contributed by atoms with E-state index in [1.54, 1.807) is 55.7 Å². The molecule has 2 aliphatic rings. The Morgan fingerprint density at radius 1 is 0.903 bits per heavy atom. The van der Waals surface area contributed by atoms with Gasteiger partial charge in [0.25, 0.3) is 0 Å². The second-order valence-electron chi connectivity index (χ2n) is 6.83. The van der Waals surface area contributed by atoms with Gasteiger partial charge in [-0.3, -0.25) is 4.79 Å². The molecule has 0 amide bonds. The number of methoxy groups -OCH3 is 1. The van der Waals surface area contributed by atoms with Crippen molar-refractivity contribution in [2.45, 2.75) is 0 Å². The zero-order valence-corrected chi connectivity index (χ0v) is 16.4. The molecule has 3 aromatic carbocycles. The van der Waals surface area contributed by atoms with E-state index < -0.39 is 5.97 Å². The molecular formula is C24H16O7. The molecule has 0 saturated carbocycles. The van der Waals surface area contributed by atoms with Crippen LogP contribution in [0.5, 0.6) is 28.7 Å². The first kappa shape index (κ1) is 18.7. The molecule has 0 bridgehead atoms. The Labute approximate surface area is 177 Å². The molecule has 7 nitrogen and oxygen atoms in total. The van der Waals surface area contributed by atoms with Crippen LogP contribution >= 0.6 is 0 Å². The molecule has 0 aromatic heterocycles. The Morgan fingerprint density at radius 2 is 1.68 bits per heavy atom. The number of hydrogen-bond acceptors (Lipinski definition) is 7. The van der Waals surface area contributed by atoms with E-state index in [0.29, 0.717) is 28.4 Å². The summed E-state index contributed by atoms with van der Waals surface area (Å²) in [6.07, 6.45) is 1.65. The van der Waals surface area contributed by atoms with E-state index >= 15 is 0 Å². The third kappa shape index (κ3) is 3.57. The number of Topliss-reactive ketones (excluding diaryl/α,β-unsaturated/α-hetero) is 1. The molecule has 0 unspecified atom stereocenters. The highest BCUT2D eigenvalue weighted by Crippen LogP contribution is 2.36. The molecule has 0 aliphatic carbocycles. The minimum absolute atomic E-state index is 0.121. The maximum atomic E-state index is 12.6. The maximum absolute atomic E-state index is 12.6. The van der Waals surface area contributed by atoms with Gasteiger partial charge >= 0.3 is 5.97 Å². The predicted octanol–water partition coefficient (Wildman–Crippen LogP) is 4.26. The molecule has 0 fully saturated rings. The van der Waals surface area contributed by atoms with Crippen molar-refractivity contribution >= 4 is 17.8 Å². The van der Waals surface area contributed by atoms with Gasteiger partial charge in [-0.2, -0.15) is 0 Å². The van der Waals surface area contributed by atoms with Gasteiger partial charge in [-0.1, -0.05) is 12.1 Å². The SMILES string of the molecule is COc1ccc(/C=C2\Oc3cc(OC(=O)c4ccc5c(c4)OCO5)ccc3C2=O)cc1. The van der Waals surface area contributed by atoms with Gasteiger partial charge in [0.2, 0.25) is 12.6 Å². The van der Waals surface area contributed by atoms with Crippen LogP contribution in [0.4, 0.5) is 0 Å². The number of ketones is 1. The quantitative estimate of drug-likeness (QED) is 0.357. The second-order valence-corrected chi connectivity index (χ2v) is 6.83. The molecule has 2 heterocycles. The maximum Gasteiger partial charge on any atom is 0.343 e. The first-order chi connectivity index (χ1) is 15.1. The molecule has 2 aliphatic heterocycles. The smallest absolute Gasteiger partial charge is 0.343 e. The van der Waals surface area contributed by atoms with Gasteiger partial charge in [0.05, 0.1) is 18.2 Å². The first-order valence-corrected chi connectivity index (χ1v) is 9.45. The van der Waals surface area contributed by atoms with Crippen LogP contribution in [-0.2, 0) is 0 Å². The van der Waals surface area contributed by atoms with Crippen molar-refractivity contribution < 1.29 is 33.3 Å². The number of ether oxygens (including phenoxy) is 5. The zero-order chi connectivity index (χ0) is 21.4. The lowest BCUT2D eigenvalue weighted by molar-refractivity contribution is 0.0734.